The van der Waals surface area contributed by atoms with Gasteiger partial charge in [-0.25, -0.2) is 4.39 Å². The Morgan fingerprint density at radius 1 is 1.00 bits per heavy atom. The quantitative estimate of drug-likeness (QED) is 0.697. The van der Waals surface area contributed by atoms with Gasteiger partial charge in [-0.3, -0.25) is 0 Å². The molecule has 3 rings (SSSR count). The third-order valence-electron chi connectivity index (χ3n) is 2.73. The molecule has 0 fully saturated rings. The summed E-state index contributed by atoms with van der Waals surface area (Å²) in [5, 5.41) is 0. The van der Waals surface area contributed by atoms with E-state index in [2.05, 4.69) is 0 Å². The number of fused-ring (bicyclic) bond motifs is 1. The van der Waals surface area contributed by atoms with Crippen LogP contribution in [0.15, 0.2) is 42.5 Å². The zero-order chi connectivity index (χ0) is 11.8. The fraction of sp³-hybridized carbons (Fsp3) is 0.0769. The van der Waals surface area contributed by atoms with Crippen LogP contribution in [0.5, 0.6) is 11.5 Å². The molecule has 1 aliphatic rings. The van der Waals surface area contributed by atoms with Crippen molar-refractivity contribution in [2.75, 3.05) is 0 Å². The maximum absolute atomic E-state index is 13.8. The van der Waals surface area contributed by atoms with E-state index in [1.807, 2.05) is 25.1 Å². The van der Waals surface area contributed by atoms with Gasteiger partial charge in [-0.05, 0) is 30.7 Å². The lowest BCUT2D eigenvalue weighted by molar-refractivity contribution is 0.513. The molecular weight excluding hydrogens is 218 g/mol. The largest absolute Gasteiger partial charge is 0.635 e. The molecule has 0 radical (unpaired) electrons. The van der Waals surface area contributed by atoms with E-state index in [1.165, 1.54) is 6.07 Å². The number of benzene rings is 2. The molecule has 2 aromatic carbocycles. The zero-order valence-corrected chi connectivity index (χ0v) is 9.31. The summed E-state index contributed by atoms with van der Waals surface area (Å²) in [5.74, 6) is 0.998. The Kier molecular flexibility index (Phi) is 2.28. The number of hydrogen-bond acceptors (Lipinski definition) is 2. The smallest absolute Gasteiger partial charge is 0.519 e. The predicted molar refractivity (Wildman–Crippen MR) is 64.2 cm³/mol. The van der Waals surface area contributed by atoms with Crippen LogP contribution in [0, 0.1) is 12.7 Å². The van der Waals surface area contributed by atoms with E-state index in [0.717, 1.165) is 5.56 Å². The number of halogens is 1. The van der Waals surface area contributed by atoms with Gasteiger partial charge in [0.2, 0.25) is 0 Å². The molecule has 0 saturated heterocycles. The highest BCUT2D eigenvalue weighted by molar-refractivity contribution is 6.63. The van der Waals surface area contributed by atoms with Crippen molar-refractivity contribution in [2.45, 2.75) is 6.92 Å². The van der Waals surface area contributed by atoms with E-state index in [1.54, 1.807) is 18.2 Å². The minimum atomic E-state index is -0.687. The van der Waals surface area contributed by atoms with E-state index in [9.17, 15) is 4.39 Å². The Labute approximate surface area is 99.1 Å². The molecule has 2 aromatic rings. The predicted octanol–water partition coefficient (Wildman–Crippen LogP) is 2.30. The first-order valence-corrected chi connectivity index (χ1v) is 5.42. The van der Waals surface area contributed by atoms with Crippen molar-refractivity contribution in [1.29, 1.82) is 0 Å². The molecule has 4 heteroatoms. The molecule has 0 saturated carbocycles. The number of rotatable bonds is 1. The van der Waals surface area contributed by atoms with Crippen LogP contribution in [0.1, 0.15) is 5.56 Å². The first kappa shape index (κ1) is 10.2. The van der Waals surface area contributed by atoms with Crippen molar-refractivity contribution >= 4 is 12.6 Å². The van der Waals surface area contributed by atoms with Crippen molar-refractivity contribution in [3.05, 3.63) is 53.8 Å². The summed E-state index contributed by atoms with van der Waals surface area (Å²) < 4.78 is 24.9. The molecule has 0 N–H and O–H groups in total. The second kappa shape index (κ2) is 3.80. The number of aryl methyl sites for hydroxylation is 1. The van der Waals surface area contributed by atoms with Crippen molar-refractivity contribution in [1.82, 2.24) is 0 Å². The first-order chi connectivity index (χ1) is 8.24. The SMILES string of the molecule is Cc1ccc(B2Oc3ccccc3O2)c(F)c1. The van der Waals surface area contributed by atoms with Gasteiger partial charge in [0.1, 0.15) is 17.3 Å². The Morgan fingerprint density at radius 2 is 1.65 bits per heavy atom. The van der Waals surface area contributed by atoms with Crippen molar-refractivity contribution in [2.24, 2.45) is 0 Å². The summed E-state index contributed by atoms with van der Waals surface area (Å²) in [5.41, 5.74) is 1.30. The molecule has 84 valence electrons. The van der Waals surface area contributed by atoms with Crippen LogP contribution < -0.4 is 14.8 Å². The van der Waals surface area contributed by atoms with Crippen LogP contribution in [0.3, 0.4) is 0 Å². The Morgan fingerprint density at radius 3 is 2.24 bits per heavy atom. The summed E-state index contributed by atoms with van der Waals surface area (Å²) in [4.78, 5) is 0. The van der Waals surface area contributed by atoms with E-state index in [-0.39, 0.29) is 5.82 Å². The summed E-state index contributed by atoms with van der Waals surface area (Å²) in [7, 11) is -0.687. The highest BCUT2D eigenvalue weighted by Gasteiger charge is 2.35. The summed E-state index contributed by atoms with van der Waals surface area (Å²) in [6, 6.07) is 12.3. The molecule has 1 heterocycles. The molecule has 0 unspecified atom stereocenters. The highest BCUT2D eigenvalue weighted by atomic mass is 19.1. The highest BCUT2D eigenvalue weighted by Crippen LogP contribution is 2.32. The molecule has 1 aliphatic heterocycles. The van der Waals surface area contributed by atoms with Gasteiger partial charge in [-0.2, -0.15) is 0 Å². The average molecular weight is 228 g/mol. The molecule has 0 spiro atoms. The van der Waals surface area contributed by atoms with Gasteiger partial charge in [0.05, 0.1) is 0 Å². The van der Waals surface area contributed by atoms with E-state index < -0.39 is 7.12 Å². The van der Waals surface area contributed by atoms with Gasteiger partial charge in [0.15, 0.2) is 0 Å². The van der Waals surface area contributed by atoms with Crippen LogP contribution in [0.25, 0.3) is 0 Å². The maximum Gasteiger partial charge on any atom is 0.635 e. The van der Waals surface area contributed by atoms with Crippen LogP contribution in [-0.2, 0) is 0 Å². The summed E-state index contributed by atoms with van der Waals surface area (Å²) in [6.45, 7) is 1.85. The molecule has 0 aliphatic carbocycles. The number of hydrogen-bond donors (Lipinski definition) is 0. The summed E-state index contributed by atoms with van der Waals surface area (Å²) >= 11 is 0. The molecule has 0 amide bonds. The molecule has 2 nitrogen and oxygen atoms in total. The molecule has 0 atom stereocenters. The first-order valence-electron chi connectivity index (χ1n) is 5.42. The second-order valence-corrected chi connectivity index (χ2v) is 4.04. The lowest BCUT2D eigenvalue weighted by Gasteiger charge is -2.06. The van der Waals surface area contributed by atoms with E-state index in [4.69, 9.17) is 9.31 Å². The summed E-state index contributed by atoms with van der Waals surface area (Å²) in [6.07, 6.45) is 0. The van der Waals surface area contributed by atoms with Crippen LogP contribution in [0.4, 0.5) is 4.39 Å². The van der Waals surface area contributed by atoms with Crippen molar-refractivity contribution in [3.8, 4) is 11.5 Å². The van der Waals surface area contributed by atoms with Crippen molar-refractivity contribution in [3.63, 3.8) is 0 Å². The minimum Gasteiger partial charge on any atom is -0.519 e. The average Bonchev–Trinajstić information content (AvgIpc) is 2.72. The third-order valence-corrected chi connectivity index (χ3v) is 2.73. The minimum absolute atomic E-state index is 0.303. The monoisotopic (exact) mass is 228 g/mol. The van der Waals surface area contributed by atoms with E-state index in [0.29, 0.717) is 17.0 Å². The van der Waals surface area contributed by atoms with Crippen LogP contribution in [0.2, 0.25) is 0 Å². The Bertz CT molecular complexity index is 546. The molecule has 0 aromatic heterocycles. The van der Waals surface area contributed by atoms with E-state index >= 15 is 0 Å². The normalized spacial score (nSPS) is 12.9. The standard InChI is InChI=1S/C13H10BFO2/c1-9-6-7-10(11(15)8-9)14-16-12-4-2-3-5-13(12)17-14/h2-8H,1H3. The third kappa shape index (κ3) is 1.75. The lowest BCUT2D eigenvalue weighted by Crippen LogP contribution is -2.41. The number of para-hydroxylation sites is 2. The Balaban J connectivity index is 1.94. The van der Waals surface area contributed by atoms with Gasteiger partial charge in [-0.15, -0.1) is 0 Å². The van der Waals surface area contributed by atoms with Gasteiger partial charge in [0, 0.05) is 5.46 Å². The van der Waals surface area contributed by atoms with Gasteiger partial charge < -0.3 is 9.31 Å². The lowest BCUT2D eigenvalue weighted by atomic mass is 9.78. The second-order valence-electron chi connectivity index (χ2n) is 4.04. The zero-order valence-electron chi connectivity index (χ0n) is 9.31. The molecule has 17 heavy (non-hydrogen) atoms. The maximum atomic E-state index is 13.8. The Hall–Kier alpha value is -1.97. The fourth-order valence-electron chi connectivity index (χ4n) is 1.85. The van der Waals surface area contributed by atoms with Crippen LogP contribution in [-0.4, -0.2) is 7.12 Å². The fourth-order valence-corrected chi connectivity index (χ4v) is 1.85. The van der Waals surface area contributed by atoms with Gasteiger partial charge in [-0.1, -0.05) is 24.3 Å². The van der Waals surface area contributed by atoms with Crippen molar-refractivity contribution < 1.29 is 13.7 Å². The molecular formula is C13H10BFO2. The van der Waals surface area contributed by atoms with Gasteiger partial charge >= 0.3 is 7.12 Å². The van der Waals surface area contributed by atoms with Crippen LogP contribution >= 0.6 is 0 Å². The molecule has 0 bridgehead atoms. The van der Waals surface area contributed by atoms with Gasteiger partial charge in [0.25, 0.3) is 0 Å². The topological polar surface area (TPSA) is 18.5 Å².